The van der Waals surface area contributed by atoms with Gasteiger partial charge in [0.05, 0.1) is 41.1 Å². The van der Waals surface area contributed by atoms with Gasteiger partial charge in [0.15, 0.2) is 4.80 Å². The number of nitrogens with zero attached hydrogens (tertiary/aromatic N) is 2. The maximum absolute atomic E-state index is 14.1. The Morgan fingerprint density at radius 3 is 2.47 bits per heavy atom. The van der Waals surface area contributed by atoms with Crippen molar-refractivity contribution >= 4 is 35.0 Å². The summed E-state index contributed by atoms with van der Waals surface area (Å²) in [6.07, 6.45) is 1.63. The molecule has 0 bridgehead atoms. The second-order valence-electron chi connectivity index (χ2n) is 10.2. The van der Waals surface area contributed by atoms with Gasteiger partial charge in [0.2, 0.25) is 0 Å². The molecule has 9 nitrogen and oxygen atoms in total. The second kappa shape index (κ2) is 12.3. The minimum atomic E-state index is -1.02. The number of methoxy groups -OCH3 is 1. The van der Waals surface area contributed by atoms with E-state index >= 15 is 0 Å². The van der Waals surface area contributed by atoms with E-state index in [9.17, 15) is 19.5 Å². The largest absolute Gasteiger partial charge is 0.497 e. The van der Waals surface area contributed by atoms with E-state index < -0.39 is 18.0 Å². The molecule has 1 atom stereocenters. The molecule has 10 heteroatoms. The molecule has 5 aromatic rings. The first kappa shape index (κ1) is 29.6. The van der Waals surface area contributed by atoms with Gasteiger partial charge in [0.1, 0.15) is 17.3 Å². The Morgan fingerprint density at radius 2 is 1.78 bits per heavy atom. The van der Waals surface area contributed by atoms with E-state index in [-0.39, 0.29) is 23.3 Å². The third-order valence-electron chi connectivity index (χ3n) is 7.54. The SMILES string of the molecule is CCOC(=O)C1=C(c2ccccc2)N=c2s/c(=C\c3ccc(-c4cccc(C(=O)O)c4C)o3)c(=O)n2[C@@H]1c1ccc(OC)cc1. The van der Waals surface area contributed by atoms with Crippen LogP contribution in [-0.4, -0.2) is 35.3 Å². The number of furan rings is 1. The van der Waals surface area contributed by atoms with Crippen molar-refractivity contribution in [3.63, 3.8) is 0 Å². The van der Waals surface area contributed by atoms with E-state index in [4.69, 9.17) is 18.9 Å². The molecule has 3 heterocycles. The predicted molar refractivity (Wildman–Crippen MR) is 170 cm³/mol. The predicted octanol–water partition coefficient (Wildman–Crippen LogP) is 5.21. The number of ether oxygens (including phenoxy) is 2. The van der Waals surface area contributed by atoms with Gasteiger partial charge < -0.3 is 19.0 Å². The van der Waals surface area contributed by atoms with Crippen molar-refractivity contribution < 1.29 is 28.6 Å². The van der Waals surface area contributed by atoms with E-state index in [2.05, 4.69) is 0 Å². The van der Waals surface area contributed by atoms with Gasteiger partial charge in [-0.15, -0.1) is 0 Å². The fourth-order valence-electron chi connectivity index (χ4n) is 5.38. The molecule has 3 aromatic carbocycles. The molecule has 226 valence electrons. The van der Waals surface area contributed by atoms with Crippen LogP contribution < -0.4 is 19.6 Å². The molecule has 0 fully saturated rings. The zero-order valence-electron chi connectivity index (χ0n) is 24.6. The van der Waals surface area contributed by atoms with Crippen LogP contribution in [0.2, 0.25) is 0 Å². The number of carboxylic acids is 1. The fraction of sp³-hybridized carbons (Fsp3) is 0.143. The summed E-state index contributed by atoms with van der Waals surface area (Å²) in [4.78, 5) is 44.6. The first-order valence-corrected chi connectivity index (χ1v) is 15.0. The van der Waals surface area contributed by atoms with Crippen LogP contribution in [0.15, 0.2) is 105 Å². The average molecular weight is 621 g/mol. The summed E-state index contributed by atoms with van der Waals surface area (Å²) < 4.78 is 18.8. The van der Waals surface area contributed by atoms with Gasteiger partial charge in [0, 0.05) is 17.2 Å². The zero-order valence-corrected chi connectivity index (χ0v) is 25.5. The molecule has 0 saturated heterocycles. The highest BCUT2D eigenvalue weighted by atomic mass is 32.1. The van der Waals surface area contributed by atoms with E-state index in [1.165, 1.54) is 15.9 Å². The summed E-state index contributed by atoms with van der Waals surface area (Å²) in [6.45, 7) is 3.61. The molecule has 2 aromatic heterocycles. The number of carbonyl (C=O) groups is 2. The number of esters is 1. The quantitative estimate of drug-likeness (QED) is 0.237. The Morgan fingerprint density at radius 1 is 1.02 bits per heavy atom. The topological polar surface area (TPSA) is 120 Å². The summed E-state index contributed by atoms with van der Waals surface area (Å²) in [6, 6.07) is 24.2. The second-order valence-corrected chi connectivity index (χ2v) is 11.2. The van der Waals surface area contributed by atoms with Gasteiger partial charge in [0.25, 0.3) is 5.56 Å². The van der Waals surface area contributed by atoms with Crippen molar-refractivity contribution in [1.82, 2.24) is 4.57 Å². The van der Waals surface area contributed by atoms with Crippen molar-refractivity contribution in [2.75, 3.05) is 13.7 Å². The third kappa shape index (κ3) is 5.51. The summed E-state index contributed by atoms with van der Waals surface area (Å²) in [5, 5.41) is 9.53. The molecule has 0 spiro atoms. The molecule has 0 amide bonds. The minimum Gasteiger partial charge on any atom is -0.497 e. The molecular weight excluding hydrogens is 592 g/mol. The van der Waals surface area contributed by atoms with Crippen LogP contribution >= 0.6 is 11.3 Å². The summed E-state index contributed by atoms with van der Waals surface area (Å²) in [7, 11) is 1.57. The first-order valence-electron chi connectivity index (χ1n) is 14.2. The van der Waals surface area contributed by atoms with Crippen LogP contribution in [0.5, 0.6) is 5.75 Å². The molecule has 0 aliphatic carbocycles. The van der Waals surface area contributed by atoms with Gasteiger partial charge >= 0.3 is 11.9 Å². The normalized spacial score (nSPS) is 14.6. The maximum atomic E-state index is 14.1. The molecule has 0 saturated carbocycles. The highest BCUT2D eigenvalue weighted by Crippen LogP contribution is 2.36. The standard InChI is InChI=1S/C35H28N2O7S/c1-4-43-34(41)29-30(21-9-6-5-7-10-21)36-35-37(31(29)22-13-15-23(42-3)16-14-22)32(38)28(45-35)19-24-17-18-27(44-24)25-11-8-12-26(20(25)2)33(39)40/h5-19,31H,4H2,1-3H3,(H,39,40)/b28-19-/t31-/m1/s1. The molecule has 6 rings (SSSR count). The lowest BCUT2D eigenvalue weighted by Gasteiger charge is -2.26. The molecule has 0 unspecified atom stereocenters. The highest BCUT2D eigenvalue weighted by Gasteiger charge is 2.35. The number of hydrogen-bond acceptors (Lipinski definition) is 8. The first-order chi connectivity index (χ1) is 21.8. The lowest BCUT2D eigenvalue weighted by Crippen LogP contribution is -2.40. The van der Waals surface area contributed by atoms with Crippen molar-refractivity contribution in [3.8, 4) is 17.1 Å². The molecule has 1 aliphatic rings. The molecular formula is C35H28N2O7S. The van der Waals surface area contributed by atoms with E-state index in [1.807, 2.05) is 42.5 Å². The van der Waals surface area contributed by atoms with E-state index in [0.717, 1.165) is 0 Å². The van der Waals surface area contributed by atoms with Crippen LogP contribution in [0.4, 0.5) is 0 Å². The number of aromatic carboxylic acids is 1. The van der Waals surface area contributed by atoms with Crippen molar-refractivity contribution in [1.29, 1.82) is 0 Å². The number of carbonyl (C=O) groups excluding carboxylic acids is 1. The lowest BCUT2D eigenvalue weighted by molar-refractivity contribution is -0.138. The highest BCUT2D eigenvalue weighted by molar-refractivity contribution is 7.07. The van der Waals surface area contributed by atoms with Crippen molar-refractivity contribution in [3.05, 3.63) is 138 Å². The van der Waals surface area contributed by atoms with Crippen LogP contribution in [0.25, 0.3) is 23.1 Å². The summed E-state index contributed by atoms with van der Waals surface area (Å²) in [5.41, 5.74) is 3.12. The third-order valence-corrected chi connectivity index (χ3v) is 8.52. The molecule has 0 radical (unpaired) electrons. The number of thiazole rings is 1. The minimum absolute atomic E-state index is 0.153. The Labute approximate surface area is 261 Å². The van der Waals surface area contributed by atoms with Crippen molar-refractivity contribution in [2.24, 2.45) is 4.99 Å². The van der Waals surface area contributed by atoms with Gasteiger partial charge in [-0.2, -0.15) is 0 Å². The number of aromatic nitrogens is 1. The van der Waals surface area contributed by atoms with Gasteiger partial charge in [-0.05, 0) is 55.3 Å². The molecule has 1 N–H and O–H groups in total. The van der Waals surface area contributed by atoms with Gasteiger partial charge in [-0.1, -0.05) is 65.9 Å². The Hall–Kier alpha value is -5.48. The smallest absolute Gasteiger partial charge is 0.338 e. The number of carboxylic acid groups (broad SMARTS) is 1. The van der Waals surface area contributed by atoms with Gasteiger partial charge in [-0.25, -0.2) is 14.6 Å². The van der Waals surface area contributed by atoms with Crippen molar-refractivity contribution in [2.45, 2.75) is 19.9 Å². The number of fused-ring (bicyclic) bond motifs is 1. The van der Waals surface area contributed by atoms with Crippen LogP contribution in [-0.2, 0) is 9.53 Å². The van der Waals surface area contributed by atoms with Crippen LogP contribution in [0, 0.1) is 6.92 Å². The lowest BCUT2D eigenvalue weighted by atomic mass is 9.93. The maximum Gasteiger partial charge on any atom is 0.338 e. The Balaban J connectivity index is 1.54. The molecule has 45 heavy (non-hydrogen) atoms. The molecule has 1 aliphatic heterocycles. The zero-order chi connectivity index (χ0) is 31.7. The average Bonchev–Trinajstić information content (AvgIpc) is 3.64. The van der Waals surface area contributed by atoms with E-state index in [0.29, 0.717) is 54.6 Å². The summed E-state index contributed by atoms with van der Waals surface area (Å²) in [5.74, 6) is -0.0737. The van der Waals surface area contributed by atoms with Crippen LogP contribution in [0.3, 0.4) is 0 Å². The number of hydrogen-bond donors (Lipinski definition) is 1. The number of benzene rings is 3. The Bertz CT molecular complexity index is 2140. The van der Waals surface area contributed by atoms with Gasteiger partial charge in [-0.3, -0.25) is 9.36 Å². The summed E-state index contributed by atoms with van der Waals surface area (Å²) >= 11 is 1.18. The van der Waals surface area contributed by atoms with Crippen LogP contribution in [0.1, 0.15) is 45.8 Å². The monoisotopic (exact) mass is 620 g/mol. The Kier molecular flexibility index (Phi) is 8.06. The fourth-order valence-corrected chi connectivity index (χ4v) is 6.36. The number of rotatable bonds is 8. The van der Waals surface area contributed by atoms with E-state index in [1.54, 1.807) is 69.5 Å².